The molecule has 5 nitrogen and oxygen atoms in total. The molecule has 0 radical (unpaired) electrons. The monoisotopic (exact) mass is 369 g/mol. The maximum Gasteiger partial charge on any atom is 0.222 e. The van der Waals surface area contributed by atoms with Crippen LogP contribution in [0.1, 0.15) is 11.1 Å². The Bertz CT molecular complexity index is 1150. The van der Waals surface area contributed by atoms with E-state index in [1.54, 1.807) is 25.1 Å². The summed E-state index contributed by atoms with van der Waals surface area (Å²) >= 11 is 0. The normalized spacial score (nSPS) is 11.3. The highest BCUT2D eigenvalue weighted by atomic mass is 19.1. The molecule has 136 valence electrons. The second-order valence-electron chi connectivity index (χ2n) is 6.11. The maximum absolute atomic E-state index is 14.6. The number of benzene rings is 2. The minimum Gasteiger partial charge on any atom is -0.368 e. The van der Waals surface area contributed by atoms with Crippen molar-refractivity contribution in [3.05, 3.63) is 71.2 Å². The fraction of sp³-hybridized carbons (Fsp3) is 0.105. The van der Waals surface area contributed by atoms with Crippen LogP contribution in [0.25, 0.3) is 22.3 Å². The van der Waals surface area contributed by atoms with E-state index in [-0.39, 0.29) is 35.0 Å². The van der Waals surface area contributed by atoms with Crippen molar-refractivity contribution in [2.24, 2.45) is 0 Å². The molecule has 0 atom stereocenters. The maximum atomic E-state index is 14.6. The predicted octanol–water partition coefficient (Wildman–Crippen LogP) is 3.85. The van der Waals surface area contributed by atoms with E-state index in [1.807, 2.05) is 0 Å². The molecule has 2 heterocycles. The third kappa shape index (κ3) is 2.88. The van der Waals surface area contributed by atoms with Crippen LogP contribution >= 0.6 is 0 Å². The number of aryl methyl sites for hydroxylation is 1. The second-order valence-corrected chi connectivity index (χ2v) is 6.11. The number of nitrogen functional groups attached to an aromatic ring is 1. The third-order valence-corrected chi connectivity index (χ3v) is 4.33. The molecule has 0 unspecified atom stereocenters. The van der Waals surface area contributed by atoms with Gasteiger partial charge in [-0.2, -0.15) is 10.1 Å². The highest BCUT2D eigenvalue weighted by Crippen LogP contribution is 2.30. The Morgan fingerprint density at radius 2 is 1.70 bits per heavy atom. The van der Waals surface area contributed by atoms with Crippen molar-refractivity contribution in [2.75, 3.05) is 5.73 Å². The highest BCUT2D eigenvalue weighted by Gasteiger charge is 2.18. The standard InChI is InChI=1S/C19H14F3N5/c1-10-4-2-5-11(16(10)22)17-12-8-24-27(18(12)26-19(23)25-17)9-13-14(20)6-3-7-15(13)21/h2-8H,9H2,1H3,(H2,23,25,26). The van der Waals surface area contributed by atoms with Crippen LogP contribution in [0.5, 0.6) is 0 Å². The number of rotatable bonds is 3. The summed E-state index contributed by atoms with van der Waals surface area (Å²) in [6.07, 6.45) is 1.44. The predicted molar refractivity (Wildman–Crippen MR) is 95.3 cm³/mol. The van der Waals surface area contributed by atoms with Crippen LogP contribution in [0.2, 0.25) is 0 Å². The minimum absolute atomic E-state index is 0.0887. The van der Waals surface area contributed by atoms with Crippen molar-refractivity contribution in [3.8, 4) is 11.3 Å². The summed E-state index contributed by atoms with van der Waals surface area (Å²) in [6, 6.07) is 8.55. The molecule has 0 aliphatic carbocycles. The fourth-order valence-electron chi connectivity index (χ4n) is 2.96. The molecule has 8 heteroatoms. The van der Waals surface area contributed by atoms with Crippen molar-refractivity contribution in [1.29, 1.82) is 0 Å². The van der Waals surface area contributed by atoms with E-state index in [0.717, 1.165) is 0 Å². The number of aromatic nitrogens is 4. The smallest absolute Gasteiger partial charge is 0.222 e. The van der Waals surface area contributed by atoms with Crippen molar-refractivity contribution in [1.82, 2.24) is 19.7 Å². The Morgan fingerprint density at radius 1 is 1.00 bits per heavy atom. The quantitative estimate of drug-likeness (QED) is 0.596. The summed E-state index contributed by atoms with van der Waals surface area (Å²) in [6.45, 7) is 1.46. The Labute approximate surface area is 152 Å². The average molecular weight is 369 g/mol. The molecular weight excluding hydrogens is 355 g/mol. The summed E-state index contributed by atoms with van der Waals surface area (Å²) in [4.78, 5) is 8.28. The molecule has 0 saturated carbocycles. The number of nitrogens with zero attached hydrogens (tertiary/aromatic N) is 4. The van der Waals surface area contributed by atoms with Gasteiger partial charge in [0.15, 0.2) is 5.65 Å². The Balaban J connectivity index is 1.89. The van der Waals surface area contributed by atoms with E-state index in [9.17, 15) is 13.2 Å². The van der Waals surface area contributed by atoms with Gasteiger partial charge in [-0.05, 0) is 30.7 Å². The van der Waals surface area contributed by atoms with Crippen molar-refractivity contribution < 1.29 is 13.2 Å². The van der Waals surface area contributed by atoms with Gasteiger partial charge in [0.1, 0.15) is 17.5 Å². The van der Waals surface area contributed by atoms with Gasteiger partial charge in [-0.25, -0.2) is 22.8 Å². The van der Waals surface area contributed by atoms with E-state index in [1.165, 1.54) is 29.1 Å². The largest absolute Gasteiger partial charge is 0.368 e. The van der Waals surface area contributed by atoms with Gasteiger partial charge in [0.2, 0.25) is 5.95 Å². The zero-order valence-corrected chi connectivity index (χ0v) is 14.2. The Morgan fingerprint density at radius 3 is 2.44 bits per heavy atom. The van der Waals surface area contributed by atoms with E-state index in [4.69, 9.17) is 5.73 Å². The first-order chi connectivity index (χ1) is 13.0. The molecule has 4 rings (SSSR count). The second kappa shape index (κ2) is 6.39. The van der Waals surface area contributed by atoms with Crippen LogP contribution in [0.3, 0.4) is 0 Å². The van der Waals surface area contributed by atoms with Gasteiger partial charge < -0.3 is 5.73 Å². The van der Waals surface area contributed by atoms with Gasteiger partial charge in [0.25, 0.3) is 0 Å². The highest BCUT2D eigenvalue weighted by molar-refractivity contribution is 5.91. The number of fused-ring (bicyclic) bond motifs is 1. The number of nitrogens with two attached hydrogens (primary N) is 1. The van der Waals surface area contributed by atoms with Gasteiger partial charge in [-0.1, -0.05) is 18.2 Å². The average Bonchev–Trinajstić information content (AvgIpc) is 3.03. The SMILES string of the molecule is Cc1cccc(-c2nc(N)nc3c2cnn3Cc2c(F)cccc2F)c1F. The Hall–Kier alpha value is -3.42. The van der Waals surface area contributed by atoms with E-state index >= 15 is 0 Å². The molecule has 2 aromatic carbocycles. The number of anilines is 1. The molecule has 4 aromatic rings. The molecule has 0 amide bonds. The first kappa shape index (κ1) is 17.0. The van der Waals surface area contributed by atoms with Crippen molar-refractivity contribution >= 4 is 17.0 Å². The summed E-state index contributed by atoms with van der Waals surface area (Å²) in [7, 11) is 0. The van der Waals surface area contributed by atoms with Crippen LogP contribution in [-0.2, 0) is 6.54 Å². The zero-order chi connectivity index (χ0) is 19.1. The van der Waals surface area contributed by atoms with Crippen LogP contribution < -0.4 is 5.73 Å². The van der Waals surface area contributed by atoms with Crippen molar-refractivity contribution in [3.63, 3.8) is 0 Å². The molecule has 0 spiro atoms. The van der Waals surface area contributed by atoms with Gasteiger partial charge in [0.05, 0.1) is 23.8 Å². The lowest BCUT2D eigenvalue weighted by Crippen LogP contribution is -2.08. The third-order valence-electron chi connectivity index (χ3n) is 4.33. The molecular formula is C19H14F3N5. The number of halogens is 3. The number of hydrogen-bond donors (Lipinski definition) is 1. The minimum atomic E-state index is -0.689. The van der Waals surface area contributed by atoms with Gasteiger partial charge in [0, 0.05) is 11.1 Å². The Kier molecular flexibility index (Phi) is 4.02. The van der Waals surface area contributed by atoms with Gasteiger partial charge in [-0.3, -0.25) is 0 Å². The fourth-order valence-corrected chi connectivity index (χ4v) is 2.96. The summed E-state index contributed by atoms with van der Waals surface area (Å²) in [5, 5.41) is 4.59. The van der Waals surface area contributed by atoms with Gasteiger partial charge in [-0.15, -0.1) is 0 Å². The molecule has 0 saturated heterocycles. The molecule has 27 heavy (non-hydrogen) atoms. The van der Waals surface area contributed by atoms with E-state index < -0.39 is 17.5 Å². The lowest BCUT2D eigenvalue weighted by atomic mass is 10.1. The van der Waals surface area contributed by atoms with E-state index in [0.29, 0.717) is 10.9 Å². The van der Waals surface area contributed by atoms with Crippen LogP contribution in [0.15, 0.2) is 42.6 Å². The summed E-state index contributed by atoms with van der Waals surface area (Å²) in [5.74, 6) is -1.89. The van der Waals surface area contributed by atoms with Crippen LogP contribution in [0.4, 0.5) is 19.1 Å². The summed E-state index contributed by atoms with van der Waals surface area (Å²) < 4.78 is 43.8. The zero-order valence-electron chi connectivity index (χ0n) is 14.2. The molecule has 0 aliphatic heterocycles. The van der Waals surface area contributed by atoms with Crippen LogP contribution in [-0.4, -0.2) is 19.7 Å². The van der Waals surface area contributed by atoms with Crippen molar-refractivity contribution in [2.45, 2.75) is 13.5 Å². The first-order valence-corrected chi connectivity index (χ1v) is 8.13. The molecule has 0 aliphatic rings. The molecule has 2 aromatic heterocycles. The molecule has 0 bridgehead atoms. The molecule has 2 N–H and O–H groups in total. The lowest BCUT2D eigenvalue weighted by molar-refractivity contribution is 0.536. The van der Waals surface area contributed by atoms with Crippen LogP contribution in [0, 0.1) is 24.4 Å². The lowest BCUT2D eigenvalue weighted by Gasteiger charge is -2.09. The number of hydrogen-bond acceptors (Lipinski definition) is 4. The summed E-state index contributed by atoms with van der Waals surface area (Å²) in [5.41, 5.74) is 6.90. The first-order valence-electron chi connectivity index (χ1n) is 8.13. The van der Waals surface area contributed by atoms with Gasteiger partial charge >= 0.3 is 0 Å². The topological polar surface area (TPSA) is 69.6 Å². The van der Waals surface area contributed by atoms with E-state index in [2.05, 4.69) is 15.1 Å². The molecule has 0 fully saturated rings.